The van der Waals surface area contributed by atoms with Crippen molar-refractivity contribution in [2.24, 2.45) is 17.8 Å². The Kier molecular flexibility index (Phi) is 5.52. The molecule has 0 aromatic heterocycles. The molecule has 4 atom stereocenters. The fourth-order valence-corrected chi connectivity index (χ4v) is 2.84. The van der Waals surface area contributed by atoms with Crippen LogP contribution in [0.3, 0.4) is 0 Å². The van der Waals surface area contributed by atoms with Crippen molar-refractivity contribution >= 4 is 12.4 Å². The maximum absolute atomic E-state index is 11.1. The molecule has 2 aliphatic carbocycles. The Morgan fingerprint density at radius 1 is 1.29 bits per heavy atom. The number of esters is 1. The summed E-state index contributed by atoms with van der Waals surface area (Å²) in [6.45, 7) is 6.14. The van der Waals surface area contributed by atoms with Gasteiger partial charge in [0.2, 0.25) is 0 Å². The largest absolute Gasteiger partial charge is 0.464 e. The molecule has 0 aliphatic heterocycles. The first kappa shape index (κ1) is 15.7. The monoisotopic (exact) mass is 296 g/mol. The number of carbonyl (C=O) groups excluding carboxylic acids is 2. The molecular weight excluding hydrogens is 276 g/mol. The highest BCUT2D eigenvalue weighted by Gasteiger charge is 2.46. The van der Waals surface area contributed by atoms with E-state index in [0.717, 1.165) is 6.42 Å². The lowest BCUT2D eigenvalue weighted by atomic mass is 9.92. The van der Waals surface area contributed by atoms with E-state index in [-0.39, 0.29) is 31.2 Å². The zero-order valence-electron chi connectivity index (χ0n) is 12.0. The van der Waals surface area contributed by atoms with E-state index in [4.69, 9.17) is 19.2 Å². The van der Waals surface area contributed by atoms with E-state index in [1.165, 1.54) is 0 Å². The topological polar surface area (TPSA) is 71.1 Å². The Hall–Kier alpha value is -1.66. The summed E-state index contributed by atoms with van der Waals surface area (Å²) >= 11 is 0. The average Bonchev–Trinajstić information content (AvgIpc) is 3.04. The van der Waals surface area contributed by atoms with E-state index < -0.39 is 5.97 Å². The third kappa shape index (κ3) is 3.92. The molecule has 0 aromatic carbocycles. The molecule has 0 spiro atoms. The molecular formula is C15H20O6. The van der Waals surface area contributed by atoms with Gasteiger partial charge in [0.1, 0.15) is 19.3 Å². The summed E-state index contributed by atoms with van der Waals surface area (Å²) in [5.74, 6) is 0.314. The van der Waals surface area contributed by atoms with Crippen LogP contribution in [0.1, 0.15) is 13.3 Å². The van der Waals surface area contributed by atoms with Gasteiger partial charge in [-0.25, -0.2) is 14.6 Å². The summed E-state index contributed by atoms with van der Waals surface area (Å²) in [7, 11) is 0. The number of rotatable bonds is 9. The van der Waals surface area contributed by atoms with E-state index in [1.54, 1.807) is 6.92 Å². The Morgan fingerprint density at radius 2 is 2.05 bits per heavy atom. The molecule has 0 N–H and O–H groups in total. The van der Waals surface area contributed by atoms with E-state index in [0.29, 0.717) is 24.6 Å². The zero-order valence-corrected chi connectivity index (χ0v) is 12.0. The van der Waals surface area contributed by atoms with Crippen LogP contribution in [0.4, 0.5) is 0 Å². The van der Waals surface area contributed by atoms with Crippen LogP contribution in [-0.2, 0) is 28.8 Å². The minimum Gasteiger partial charge on any atom is -0.464 e. The van der Waals surface area contributed by atoms with Crippen molar-refractivity contribution in [3.63, 3.8) is 0 Å². The van der Waals surface area contributed by atoms with Gasteiger partial charge < -0.3 is 9.47 Å². The van der Waals surface area contributed by atoms with E-state index in [9.17, 15) is 9.59 Å². The SMILES string of the molecule is C=C(C)C(=O)OCCOOCC1C2C=CC(C2)C1OC=O. The van der Waals surface area contributed by atoms with Crippen LogP contribution in [0.15, 0.2) is 24.3 Å². The van der Waals surface area contributed by atoms with Gasteiger partial charge in [0.25, 0.3) is 6.47 Å². The fraction of sp³-hybridized carbons (Fsp3) is 0.600. The van der Waals surface area contributed by atoms with Gasteiger partial charge in [-0.05, 0) is 19.3 Å². The van der Waals surface area contributed by atoms with Crippen LogP contribution in [0.2, 0.25) is 0 Å². The molecule has 6 heteroatoms. The summed E-state index contributed by atoms with van der Waals surface area (Å²) in [6, 6.07) is 0. The van der Waals surface area contributed by atoms with Crippen molar-refractivity contribution in [2.75, 3.05) is 19.8 Å². The molecule has 0 saturated heterocycles. The average molecular weight is 296 g/mol. The van der Waals surface area contributed by atoms with Gasteiger partial charge in [-0.15, -0.1) is 0 Å². The molecule has 2 bridgehead atoms. The fourth-order valence-electron chi connectivity index (χ4n) is 2.84. The molecule has 0 amide bonds. The number of ether oxygens (including phenoxy) is 2. The molecule has 6 nitrogen and oxygen atoms in total. The predicted molar refractivity (Wildman–Crippen MR) is 72.8 cm³/mol. The van der Waals surface area contributed by atoms with Crippen LogP contribution in [0.5, 0.6) is 0 Å². The molecule has 116 valence electrons. The van der Waals surface area contributed by atoms with Crippen molar-refractivity contribution in [1.29, 1.82) is 0 Å². The number of fused-ring (bicyclic) bond motifs is 2. The first-order valence-corrected chi connectivity index (χ1v) is 6.98. The maximum atomic E-state index is 11.1. The van der Waals surface area contributed by atoms with Gasteiger partial charge in [-0.3, -0.25) is 4.79 Å². The van der Waals surface area contributed by atoms with Crippen molar-refractivity contribution in [1.82, 2.24) is 0 Å². The van der Waals surface area contributed by atoms with Crippen molar-refractivity contribution in [2.45, 2.75) is 19.4 Å². The highest BCUT2D eigenvalue weighted by atomic mass is 17.2. The Morgan fingerprint density at radius 3 is 2.76 bits per heavy atom. The maximum Gasteiger partial charge on any atom is 0.333 e. The Balaban J connectivity index is 1.62. The van der Waals surface area contributed by atoms with Gasteiger partial charge >= 0.3 is 5.97 Å². The second-order valence-electron chi connectivity index (χ2n) is 5.33. The molecule has 4 unspecified atom stereocenters. The number of allylic oxidation sites excluding steroid dienone is 1. The zero-order chi connectivity index (χ0) is 15.2. The third-order valence-corrected chi connectivity index (χ3v) is 3.85. The molecule has 1 saturated carbocycles. The molecule has 0 aromatic rings. The van der Waals surface area contributed by atoms with Crippen LogP contribution in [0.25, 0.3) is 0 Å². The van der Waals surface area contributed by atoms with Crippen LogP contribution in [0, 0.1) is 17.8 Å². The first-order valence-electron chi connectivity index (χ1n) is 6.98. The minimum atomic E-state index is -0.448. The summed E-state index contributed by atoms with van der Waals surface area (Å²) in [5, 5.41) is 0. The predicted octanol–water partition coefficient (Wildman–Crippen LogP) is 1.42. The quantitative estimate of drug-likeness (QED) is 0.122. The molecule has 0 heterocycles. The molecule has 2 aliphatic rings. The van der Waals surface area contributed by atoms with E-state index in [1.807, 2.05) is 0 Å². The van der Waals surface area contributed by atoms with Crippen molar-refractivity contribution in [3.8, 4) is 0 Å². The minimum absolute atomic E-state index is 0.108. The Labute approximate surface area is 123 Å². The van der Waals surface area contributed by atoms with Crippen molar-refractivity contribution < 1.29 is 28.8 Å². The number of hydrogen-bond donors (Lipinski definition) is 0. The molecule has 1 fully saturated rings. The standard InChI is InChI=1S/C15H20O6/c1-10(2)15(17)18-5-6-20-21-8-13-11-3-4-12(7-11)14(13)19-9-16/h3-4,9,11-14H,1,5-8H2,2H3. The first-order chi connectivity index (χ1) is 10.1. The van der Waals surface area contributed by atoms with Crippen LogP contribution < -0.4 is 0 Å². The second-order valence-corrected chi connectivity index (χ2v) is 5.33. The summed E-state index contributed by atoms with van der Waals surface area (Å²) in [4.78, 5) is 31.8. The lowest BCUT2D eigenvalue weighted by molar-refractivity contribution is -0.308. The summed E-state index contributed by atoms with van der Waals surface area (Å²) < 4.78 is 10.00. The molecule has 2 rings (SSSR count). The van der Waals surface area contributed by atoms with Gasteiger partial charge in [-0.1, -0.05) is 18.7 Å². The number of carbonyl (C=O) groups is 2. The summed E-state index contributed by atoms with van der Waals surface area (Å²) in [6.07, 6.45) is 5.08. The van der Waals surface area contributed by atoms with Gasteiger partial charge in [0, 0.05) is 17.4 Å². The molecule has 21 heavy (non-hydrogen) atoms. The number of hydrogen-bond acceptors (Lipinski definition) is 6. The van der Waals surface area contributed by atoms with E-state index in [2.05, 4.69) is 18.7 Å². The lowest BCUT2D eigenvalue weighted by Gasteiger charge is -2.25. The van der Waals surface area contributed by atoms with Crippen LogP contribution in [-0.4, -0.2) is 38.4 Å². The second kappa shape index (κ2) is 7.38. The van der Waals surface area contributed by atoms with Crippen LogP contribution >= 0.6 is 0 Å². The third-order valence-electron chi connectivity index (χ3n) is 3.85. The van der Waals surface area contributed by atoms with E-state index >= 15 is 0 Å². The lowest BCUT2D eigenvalue weighted by Crippen LogP contribution is -2.31. The highest BCUT2D eigenvalue weighted by Crippen LogP contribution is 2.45. The smallest absolute Gasteiger partial charge is 0.333 e. The normalized spacial score (nSPS) is 29.4. The summed E-state index contributed by atoms with van der Waals surface area (Å²) in [5.41, 5.74) is 0.346. The van der Waals surface area contributed by atoms with Crippen molar-refractivity contribution in [3.05, 3.63) is 24.3 Å². The van der Waals surface area contributed by atoms with Gasteiger partial charge in [0.05, 0.1) is 6.61 Å². The van der Waals surface area contributed by atoms with Gasteiger partial charge in [0.15, 0.2) is 0 Å². The molecule has 0 radical (unpaired) electrons. The Bertz CT molecular complexity index is 430. The highest BCUT2D eigenvalue weighted by molar-refractivity contribution is 5.86. The van der Waals surface area contributed by atoms with Gasteiger partial charge in [-0.2, -0.15) is 0 Å².